The third kappa shape index (κ3) is 2.32. The molecule has 24 heavy (non-hydrogen) atoms. The summed E-state index contributed by atoms with van der Waals surface area (Å²) in [6, 6.07) is 2.09. The van der Waals surface area contributed by atoms with Crippen LogP contribution in [0.2, 0.25) is 0 Å². The first kappa shape index (κ1) is 14.1. The molecule has 1 fully saturated rings. The molecule has 0 spiro atoms. The first-order chi connectivity index (χ1) is 11.9. The number of fused-ring (bicyclic) bond motifs is 3. The van der Waals surface area contributed by atoms with Crippen molar-refractivity contribution in [1.82, 2.24) is 35.4 Å². The second kappa shape index (κ2) is 5.69. The summed E-state index contributed by atoms with van der Waals surface area (Å²) in [6.07, 6.45) is 6.03. The SMILES string of the molecule is C1=Nc2[nH]ccc2C2=C(C3CCN(Cc4csnn4)CC3)NNN12. The highest BCUT2D eigenvalue weighted by molar-refractivity contribution is 7.03. The van der Waals surface area contributed by atoms with E-state index < -0.39 is 0 Å². The Morgan fingerprint density at radius 1 is 1.29 bits per heavy atom. The minimum atomic E-state index is 0.525. The van der Waals surface area contributed by atoms with E-state index >= 15 is 0 Å². The smallest absolute Gasteiger partial charge is 0.141 e. The normalized spacial score (nSPS) is 21.1. The standard InChI is InChI=1S/C15H18N8S/c1-4-16-15-12(1)14-13(19-20-23(14)9-17-15)10-2-5-22(6-3-10)7-11-8-24-21-18-11/h1,4,8-10,16,19-20H,2-3,5-7H2. The van der Waals surface area contributed by atoms with Gasteiger partial charge in [-0.3, -0.25) is 4.90 Å². The molecule has 0 atom stereocenters. The van der Waals surface area contributed by atoms with Gasteiger partial charge in [-0.05, 0) is 43.5 Å². The Hall–Kier alpha value is -2.23. The third-order valence-electron chi connectivity index (χ3n) is 4.88. The summed E-state index contributed by atoms with van der Waals surface area (Å²) in [7, 11) is 0. The number of allylic oxidation sites excluding steroid dienone is 1. The predicted molar refractivity (Wildman–Crippen MR) is 91.9 cm³/mol. The van der Waals surface area contributed by atoms with Crippen LogP contribution in [0.15, 0.2) is 28.3 Å². The fourth-order valence-corrected chi connectivity index (χ4v) is 4.10. The minimum absolute atomic E-state index is 0.525. The maximum absolute atomic E-state index is 4.42. The van der Waals surface area contributed by atoms with Crippen molar-refractivity contribution in [2.24, 2.45) is 10.9 Å². The Balaban J connectivity index is 1.33. The number of likely N-dealkylation sites (tertiary alicyclic amines) is 1. The number of nitrogens with one attached hydrogen (secondary N) is 3. The topological polar surface area (TPSA) is 84.5 Å². The molecule has 0 radical (unpaired) electrons. The molecule has 3 aliphatic rings. The van der Waals surface area contributed by atoms with Gasteiger partial charge in [0.1, 0.15) is 12.2 Å². The lowest BCUT2D eigenvalue weighted by Crippen LogP contribution is -2.39. The fraction of sp³-hybridized carbons (Fsp3) is 0.400. The van der Waals surface area contributed by atoms with Crippen LogP contribution >= 0.6 is 11.5 Å². The fourth-order valence-electron chi connectivity index (χ4n) is 3.66. The van der Waals surface area contributed by atoms with Crippen molar-refractivity contribution >= 4 is 29.4 Å². The Labute approximate surface area is 143 Å². The van der Waals surface area contributed by atoms with Gasteiger partial charge >= 0.3 is 0 Å². The van der Waals surface area contributed by atoms with Gasteiger partial charge in [0.15, 0.2) is 0 Å². The van der Waals surface area contributed by atoms with Crippen LogP contribution in [0.5, 0.6) is 0 Å². The molecule has 2 aromatic heterocycles. The molecule has 0 unspecified atom stereocenters. The van der Waals surface area contributed by atoms with E-state index in [1.54, 1.807) is 0 Å². The number of nitrogens with zero attached hydrogens (tertiary/aromatic N) is 5. The largest absolute Gasteiger partial charge is 0.346 e. The lowest BCUT2D eigenvalue weighted by molar-refractivity contribution is 0.186. The van der Waals surface area contributed by atoms with E-state index in [0.717, 1.165) is 49.6 Å². The third-order valence-corrected chi connectivity index (χ3v) is 5.43. The molecule has 0 bridgehead atoms. The Kier molecular flexibility index (Phi) is 3.35. The predicted octanol–water partition coefficient (Wildman–Crippen LogP) is 1.45. The van der Waals surface area contributed by atoms with Crippen molar-refractivity contribution in [3.8, 4) is 0 Å². The lowest BCUT2D eigenvalue weighted by Gasteiger charge is -2.32. The molecule has 8 nitrogen and oxygen atoms in total. The Bertz CT molecular complexity index is 784. The van der Waals surface area contributed by atoms with Crippen LogP contribution in [-0.2, 0) is 6.54 Å². The number of hydrazine groups is 2. The summed E-state index contributed by atoms with van der Waals surface area (Å²) in [5.74, 6) is 1.45. The molecule has 3 N–H and O–H groups in total. The van der Waals surface area contributed by atoms with E-state index in [2.05, 4.69) is 41.5 Å². The van der Waals surface area contributed by atoms with Gasteiger partial charge in [0.2, 0.25) is 0 Å². The summed E-state index contributed by atoms with van der Waals surface area (Å²) in [6.45, 7) is 3.06. The van der Waals surface area contributed by atoms with Crippen LogP contribution in [0, 0.1) is 5.92 Å². The number of rotatable bonds is 3. The second-order valence-corrected chi connectivity index (χ2v) is 6.91. The van der Waals surface area contributed by atoms with Gasteiger partial charge in [-0.15, -0.1) is 10.6 Å². The molecule has 5 heterocycles. The number of hydrogen-bond donors (Lipinski definition) is 3. The molecular weight excluding hydrogens is 324 g/mol. The number of piperidine rings is 1. The quantitative estimate of drug-likeness (QED) is 0.783. The number of aliphatic imine (C=N–C) groups is 1. The molecule has 0 amide bonds. The summed E-state index contributed by atoms with van der Waals surface area (Å²) in [5.41, 5.74) is 11.3. The van der Waals surface area contributed by atoms with Crippen LogP contribution in [-0.4, -0.2) is 43.9 Å². The maximum atomic E-state index is 4.42. The van der Waals surface area contributed by atoms with Crippen LogP contribution in [0.1, 0.15) is 24.1 Å². The molecule has 9 heteroatoms. The first-order valence-corrected chi connectivity index (χ1v) is 8.97. The van der Waals surface area contributed by atoms with Gasteiger partial charge < -0.3 is 10.4 Å². The van der Waals surface area contributed by atoms with Crippen molar-refractivity contribution in [3.63, 3.8) is 0 Å². The highest BCUT2D eigenvalue weighted by atomic mass is 32.1. The highest BCUT2D eigenvalue weighted by Crippen LogP contribution is 2.38. The van der Waals surface area contributed by atoms with Gasteiger partial charge in [-0.2, -0.15) is 0 Å². The van der Waals surface area contributed by atoms with Crippen LogP contribution in [0.25, 0.3) is 5.70 Å². The van der Waals surface area contributed by atoms with E-state index in [-0.39, 0.29) is 0 Å². The minimum Gasteiger partial charge on any atom is -0.346 e. The zero-order valence-corrected chi connectivity index (χ0v) is 13.9. The van der Waals surface area contributed by atoms with E-state index in [1.807, 2.05) is 22.9 Å². The average Bonchev–Trinajstić information content (AvgIpc) is 3.35. The summed E-state index contributed by atoms with van der Waals surface area (Å²) in [5, 5.41) is 8.15. The van der Waals surface area contributed by atoms with Crippen LogP contribution in [0.4, 0.5) is 5.82 Å². The van der Waals surface area contributed by atoms with E-state index in [4.69, 9.17) is 0 Å². The number of hydrogen-bond acceptors (Lipinski definition) is 8. The molecule has 2 aromatic rings. The summed E-state index contributed by atoms with van der Waals surface area (Å²) in [4.78, 5) is 10.1. The van der Waals surface area contributed by atoms with Crippen LogP contribution in [0.3, 0.4) is 0 Å². The monoisotopic (exact) mass is 342 g/mol. The van der Waals surface area contributed by atoms with Gasteiger partial charge in [-0.1, -0.05) is 4.49 Å². The van der Waals surface area contributed by atoms with Crippen molar-refractivity contribution in [2.45, 2.75) is 19.4 Å². The van der Waals surface area contributed by atoms with Crippen LogP contribution < -0.4 is 11.0 Å². The van der Waals surface area contributed by atoms with Gasteiger partial charge in [0, 0.05) is 29.6 Å². The molecule has 0 aromatic carbocycles. The summed E-state index contributed by atoms with van der Waals surface area (Å²) < 4.78 is 3.95. The summed E-state index contributed by atoms with van der Waals surface area (Å²) >= 11 is 1.42. The zero-order chi connectivity index (χ0) is 15.9. The first-order valence-electron chi connectivity index (χ1n) is 8.14. The lowest BCUT2D eigenvalue weighted by atomic mass is 9.91. The zero-order valence-electron chi connectivity index (χ0n) is 13.1. The van der Waals surface area contributed by atoms with Crippen molar-refractivity contribution in [3.05, 3.63) is 34.6 Å². The average molecular weight is 342 g/mol. The number of aromatic nitrogens is 3. The molecule has 3 aliphatic heterocycles. The molecule has 5 rings (SSSR count). The molecule has 1 saturated heterocycles. The maximum Gasteiger partial charge on any atom is 0.141 e. The van der Waals surface area contributed by atoms with Gasteiger partial charge in [0.25, 0.3) is 0 Å². The molecule has 124 valence electrons. The van der Waals surface area contributed by atoms with Crippen molar-refractivity contribution < 1.29 is 0 Å². The van der Waals surface area contributed by atoms with Gasteiger partial charge in [0.05, 0.1) is 17.1 Å². The Morgan fingerprint density at radius 2 is 2.21 bits per heavy atom. The van der Waals surface area contributed by atoms with Crippen molar-refractivity contribution in [1.29, 1.82) is 0 Å². The second-order valence-electron chi connectivity index (χ2n) is 6.30. The molecular formula is C15H18N8S. The van der Waals surface area contributed by atoms with E-state index in [9.17, 15) is 0 Å². The van der Waals surface area contributed by atoms with E-state index in [1.165, 1.54) is 22.9 Å². The Morgan fingerprint density at radius 3 is 3.04 bits per heavy atom. The number of aromatic amines is 1. The molecule has 0 saturated carbocycles. The number of H-pyrrole nitrogens is 1. The van der Waals surface area contributed by atoms with Gasteiger partial charge in [-0.25, -0.2) is 10.0 Å². The van der Waals surface area contributed by atoms with Crippen molar-refractivity contribution in [2.75, 3.05) is 13.1 Å². The highest BCUT2D eigenvalue weighted by Gasteiger charge is 2.33. The van der Waals surface area contributed by atoms with E-state index in [0.29, 0.717) is 5.92 Å². The molecule has 0 aliphatic carbocycles.